The van der Waals surface area contributed by atoms with Crippen molar-refractivity contribution in [2.24, 2.45) is 5.92 Å². The Kier molecular flexibility index (Phi) is 2.86. The number of nitrogens with zero attached hydrogens (tertiary/aromatic N) is 2. The van der Waals surface area contributed by atoms with Gasteiger partial charge >= 0.3 is 0 Å². The maximum absolute atomic E-state index is 6.02. The molecule has 4 heteroatoms. The zero-order valence-corrected chi connectivity index (χ0v) is 10.7. The number of aromatic nitrogens is 2. The van der Waals surface area contributed by atoms with Crippen molar-refractivity contribution in [2.75, 3.05) is 12.3 Å². The van der Waals surface area contributed by atoms with Gasteiger partial charge in [-0.05, 0) is 37.3 Å². The molecule has 0 saturated heterocycles. The number of fused-ring (bicyclic) bond motifs is 1. The predicted octanol–water partition coefficient (Wildman–Crippen LogP) is 2.82. The number of hydrogen-bond acceptors (Lipinski definition) is 3. The molecule has 0 radical (unpaired) electrons. The Bertz CT molecular complexity index is 557. The number of para-hydroxylation sites is 1. The van der Waals surface area contributed by atoms with Crippen LogP contribution in [0, 0.1) is 5.92 Å². The Morgan fingerprint density at radius 2 is 2.28 bits per heavy atom. The van der Waals surface area contributed by atoms with Gasteiger partial charge in [-0.25, -0.2) is 4.98 Å². The highest BCUT2D eigenvalue weighted by molar-refractivity contribution is 5.84. The van der Waals surface area contributed by atoms with Crippen LogP contribution in [0.5, 0.6) is 5.75 Å². The number of imidazole rings is 1. The molecular weight excluding hydrogens is 226 g/mol. The number of rotatable bonds is 5. The molecule has 0 unspecified atom stereocenters. The standard InChI is InChI=1S/C14H19N3O/c1-2-8-18-12-5-3-4-11-13(12)16-14(15)17(11)9-10-6-7-10/h3-5,10H,2,6-9H2,1H3,(H2,15,16). The van der Waals surface area contributed by atoms with Crippen LogP contribution >= 0.6 is 0 Å². The van der Waals surface area contributed by atoms with Gasteiger partial charge in [-0.3, -0.25) is 0 Å². The van der Waals surface area contributed by atoms with E-state index >= 15 is 0 Å². The van der Waals surface area contributed by atoms with Gasteiger partial charge in [0, 0.05) is 6.54 Å². The normalized spacial score (nSPS) is 15.2. The fraction of sp³-hybridized carbons (Fsp3) is 0.500. The van der Waals surface area contributed by atoms with Crippen molar-refractivity contribution in [2.45, 2.75) is 32.7 Å². The highest BCUT2D eigenvalue weighted by Gasteiger charge is 2.24. The monoisotopic (exact) mass is 245 g/mol. The maximum atomic E-state index is 6.02. The van der Waals surface area contributed by atoms with Crippen LogP contribution in [0.4, 0.5) is 5.95 Å². The van der Waals surface area contributed by atoms with Crippen LogP contribution in [0.1, 0.15) is 26.2 Å². The lowest BCUT2D eigenvalue weighted by atomic mass is 10.3. The Labute approximate surface area is 107 Å². The first-order valence-electron chi connectivity index (χ1n) is 6.67. The molecule has 96 valence electrons. The molecule has 0 amide bonds. The fourth-order valence-corrected chi connectivity index (χ4v) is 2.22. The lowest BCUT2D eigenvalue weighted by Crippen LogP contribution is -2.04. The molecule has 0 spiro atoms. The SMILES string of the molecule is CCCOc1cccc2c1nc(N)n2CC1CC1. The van der Waals surface area contributed by atoms with Crippen LogP contribution in [0.3, 0.4) is 0 Å². The van der Waals surface area contributed by atoms with Gasteiger partial charge in [-0.1, -0.05) is 13.0 Å². The number of anilines is 1. The van der Waals surface area contributed by atoms with E-state index in [1.54, 1.807) is 0 Å². The molecule has 4 nitrogen and oxygen atoms in total. The molecule has 1 heterocycles. The fourth-order valence-electron chi connectivity index (χ4n) is 2.22. The van der Waals surface area contributed by atoms with E-state index < -0.39 is 0 Å². The zero-order valence-electron chi connectivity index (χ0n) is 10.7. The molecule has 18 heavy (non-hydrogen) atoms. The van der Waals surface area contributed by atoms with Crippen LogP contribution in [0.15, 0.2) is 18.2 Å². The van der Waals surface area contributed by atoms with E-state index in [1.807, 2.05) is 12.1 Å². The van der Waals surface area contributed by atoms with Gasteiger partial charge < -0.3 is 15.0 Å². The number of ether oxygens (including phenoxy) is 1. The van der Waals surface area contributed by atoms with Gasteiger partial charge in [0.1, 0.15) is 11.3 Å². The second kappa shape index (κ2) is 4.52. The first-order valence-corrected chi connectivity index (χ1v) is 6.67. The maximum Gasteiger partial charge on any atom is 0.201 e. The third-order valence-corrected chi connectivity index (χ3v) is 3.37. The third-order valence-electron chi connectivity index (χ3n) is 3.37. The summed E-state index contributed by atoms with van der Waals surface area (Å²) in [5.74, 6) is 2.23. The summed E-state index contributed by atoms with van der Waals surface area (Å²) in [7, 11) is 0. The lowest BCUT2D eigenvalue weighted by Gasteiger charge is -2.06. The average Bonchev–Trinajstić information content (AvgIpc) is 3.13. The summed E-state index contributed by atoms with van der Waals surface area (Å²) in [6.45, 7) is 3.80. The largest absolute Gasteiger partial charge is 0.491 e. The third kappa shape index (κ3) is 2.03. The molecule has 0 aliphatic heterocycles. The van der Waals surface area contributed by atoms with Crippen LogP contribution in [0.2, 0.25) is 0 Å². The smallest absolute Gasteiger partial charge is 0.201 e. The molecule has 1 aliphatic rings. The minimum absolute atomic E-state index is 0.601. The Morgan fingerprint density at radius 1 is 1.44 bits per heavy atom. The van der Waals surface area contributed by atoms with Gasteiger partial charge in [0.15, 0.2) is 0 Å². The highest BCUT2D eigenvalue weighted by atomic mass is 16.5. The summed E-state index contributed by atoms with van der Waals surface area (Å²) in [5.41, 5.74) is 8.01. The summed E-state index contributed by atoms with van der Waals surface area (Å²) in [6.07, 6.45) is 3.62. The van der Waals surface area contributed by atoms with Crippen molar-refractivity contribution in [3.63, 3.8) is 0 Å². The second-order valence-corrected chi connectivity index (χ2v) is 5.00. The average molecular weight is 245 g/mol. The first-order chi connectivity index (χ1) is 8.79. The lowest BCUT2D eigenvalue weighted by molar-refractivity contribution is 0.320. The summed E-state index contributed by atoms with van der Waals surface area (Å²) < 4.78 is 7.84. The molecule has 3 rings (SSSR count). The summed E-state index contributed by atoms with van der Waals surface area (Å²) >= 11 is 0. The molecule has 1 fully saturated rings. The van der Waals surface area contributed by atoms with E-state index in [9.17, 15) is 0 Å². The van der Waals surface area contributed by atoms with Crippen LogP contribution in [-0.4, -0.2) is 16.2 Å². The van der Waals surface area contributed by atoms with Gasteiger partial charge in [0.2, 0.25) is 5.95 Å². The van der Waals surface area contributed by atoms with E-state index in [-0.39, 0.29) is 0 Å². The Balaban J connectivity index is 2.00. The summed E-state index contributed by atoms with van der Waals surface area (Å²) in [6, 6.07) is 6.05. The van der Waals surface area contributed by atoms with Crippen molar-refractivity contribution in [1.82, 2.24) is 9.55 Å². The number of nitrogen functional groups attached to an aromatic ring is 1. The van der Waals surface area contributed by atoms with E-state index in [0.717, 1.165) is 35.7 Å². The molecule has 1 aromatic heterocycles. The predicted molar refractivity (Wildman–Crippen MR) is 72.7 cm³/mol. The van der Waals surface area contributed by atoms with Crippen molar-refractivity contribution in [1.29, 1.82) is 0 Å². The zero-order chi connectivity index (χ0) is 12.5. The van der Waals surface area contributed by atoms with Crippen molar-refractivity contribution < 1.29 is 4.74 Å². The van der Waals surface area contributed by atoms with Crippen molar-refractivity contribution in [3.05, 3.63) is 18.2 Å². The van der Waals surface area contributed by atoms with E-state index in [0.29, 0.717) is 12.6 Å². The Morgan fingerprint density at radius 3 is 3.00 bits per heavy atom. The molecule has 1 saturated carbocycles. The highest BCUT2D eigenvalue weighted by Crippen LogP contribution is 2.34. The molecule has 1 aliphatic carbocycles. The van der Waals surface area contributed by atoms with Gasteiger partial charge in [0.25, 0.3) is 0 Å². The van der Waals surface area contributed by atoms with Gasteiger partial charge in [0.05, 0.1) is 12.1 Å². The molecule has 2 N–H and O–H groups in total. The molecule has 2 aromatic rings. The Hall–Kier alpha value is -1.71. The van der Waals surface area contributed by atoms with Crippen molar-refractivity contribution in [3.8, 4) is 5.75 Å². The molecule has 1 aromatic carbocycles. The van der Waals surface area contributed by atoms with Gasteiger partial charge in [-0.2, -0.15) is 0 Å². The van der Waals surface area contributed by atoms with E-state index in [4.69, 9.17) is 10.5 Å². The minimum atomic E-state index is 0.601. The first kappa shape index (κ1) is 11.4. The van der Waals surface area contributed by atoms with E-state index in [1.165, 1.54) is 12.8 Å². The molecular formula is C14H19N3O. The van der Waals surface area contributed by atoms with Crippen LogP contribution in [-0.2, 0) is 6.54 Å². The molecule has 0 bridgehead atoms. The summed E-state index contributed by atoms with van der Waals surface area (Å²) in [4.78, 5) is 4.46. The number of nitrogens with two attached hydrogens (primary N) is 1. The van der Waals surface area contributed by atoms with Crippen LogP contribution in [0.25, 0.3) is 11.0 Å². The quantitative estimate of drug-likeness (QED) is 0.881. The van der Waals surface area contributed by atoms with E-state index in [2.05, 4.69) is 22.5 Å². The second-order valence-electron chi connectivity index (χ2n) is 5.00. The molecule has 0 atom stereocenters. The summed E-state index contributed by atoms with van der Waals surface area (Å²) in [5, 5.41) is 0. The van der Waals surface area contributed by atoms with Crippen LogP contribution < -0.4 is 10.5 Å². The van der Waals surface area contributed by atoms with Crippen molar-refractivity contribution >= 4 is 17.0 Å². The topological polar surface area (TPSA) is 53.1 Å². The number of hydrogen-bond donors (Lipinski definition) is 1. The number of benzene rings is 1. The minimum Gasteiger partial charge on any atom is -0.491 e. The van der Waals surface area contributed by atoms with Gasteiger partial charge in [-0.15, -0.1) is 0 Å².